The Morgan fingerprint density at radius 1 is 1.29 bits per heavy atom. The molecule has 0 aromatic heterocycles. The van der Waals surface area contributed by atoms with Gasteiger partial charge in [-0.05, 0) is 18.2 Å². The van der Waals surface area contributed by atoms with Crippen molar-refractivity contribution in [2.24, 2.45) is 0 Å². The van der Waals surface area contributed by atoms with Crippen LogP contribution >= 0.6 is 0 Å². The highest BCUT2D eigenvalue weighted by atomic mass is 19.4. The van der Waals surface area contributed by atoms with Crippen LogP contribution in [0.25, 0.3) is 0 Å². The van der Waals surface area contributed by atoms with Crippen LogP contribution in [0.15, 0.2) is 30.9 Å². The van der Waals surface area contributed by atoms with E-state index in [0.29, 0.717) is 12.1 Å². The standard InChI is InChI=1S/C12H9F3O6/c1-2-5-19-11(18)20-9-6-7(10(16)17)3-4-8(9)21-12(13,14)15/h2-4,6H,1,5H2,(H,16,17). The molecule has 21 heavy (non-hydrogen) atoms. The maximum absolute atomic E-state index is 12.2. The van der Waals surface area contributed by atoms with Crippen molar-refractivity contribution in [1.82, 2.24) is 0 Å². The molecular formula is C12H9F3O6. The lowest BCUT2D eigenvalue weighted by atomic mass is 10.2. The molecule has 0 atom stereocenters. The lowest BCUT2D eigenvalue weighted by Gasteiger charge is -2.13. The van der Waals surface area contributed by atoms with E-state index in [9.17, 15) is 22.8 Å². The fourth-order valence-corrected chi connectivity index (χ4v) is 1.18. The number of hydrogen-bond donors (Lipinski definition) is 1. The van der Waals surface area contributed by atoms with E-state index in [4.69, 9.17) is 5.11 Å². The number of benzene rings is 1. The normalized spacial score (nSPS) is 10.6. The van der Waals surface area contributed by atoms with Gasteiger partial charge in [-0.15, -0.1) is 13.2 Å². The molecule has 1 rings (SSSR count). The fourth-order valence-electron chi connectivity index (χ4n) is 1.18. The first kappa shape index (κ1) is 16.3. The Hall–Kier alpha value is -2.71. The highest BCUT2D eigenvalue weighted by Gasteiger charge is 2.33. The first-order chi connectivity index (χ1) is 9.73. The minimum atomic E-state index is -5.03. The number of halogens is 3. The first-order valence-corrected chi connectivity index (χ1v) is 5.31. The molecule has 9 heteroatoms. The Balaban J connectivity index is 3.04. The highest BCUT2D eigenvalue weighted by Crippen LogP contribution is 2.33. The zero-order valence-electron chi connectivity index (χ0n) is 10.3. The average Bonchev–Trinajstić information content (AvgIpc) is 2.36. The number of ether oxygens (including phenoxy) is 3. The molecule has 0 saturated heterocycles. The Labute approximate surface area is 116 Å². The third-order valence-electron chi connectivity index (χ3n) is 1.93. The summed E-state index contributed by atoms with van der Waals surface area (Å²) in [6.45, 7) is 3.03. The van der Waals surface area contributed by atoms with E-state index in [2.05, 4.69) is 20.8 Å². The summed E-state index contributed by atoms with van der Waals surface area (Å²) >= 11 is 0. The van der Waals surface area contributed by atoms with Crippen molar-refractivity contribution in [3.63, 3.8) is 0 Å². The zero-order chi connectivity index (χ0) is 16.0. The van der Waals surface area contributed by atoms with Crippen LogP contribution in [0.4, 0.5) is 18.0 Å². The smallest absolute Gasteiger partial charge is 0.478 e. The third kappa shape index (κ3) is 5.43. The molecule has 0 saturated carbocycles. The average molecular weight is 306 g/mol. The van der Waals surface area contributed by atoms with E-state index in [1.54, 1.807) is 0 Å². The third-order valence-corrected chi connectivity index (χ3v) is 1.93. The molecule has 0 unspecified atom stereocenters. The van der Waals surface area contributed by atoms with Crippen LogP contribution < -0.4 is 9.47 Å². The van der Waals surface area contributed by atoms with E-state index in [1.165, 1.54) is 6.08 Å². The van der Waals surface area contributed by atoms with Crippen molar-refractivity contribution >= 4 is 12.1 Å². The maximum Gasteiger partial charge on any atom is 0.573 e. The van der Waals surface area contributed by atoms with Gasteiger partial charge >= 0.3 is 18.5 Å². The highest BCUT2D eigenvalue weighted by molar-refractivity contribution is 5.88. The van der Waals surface area contributed by atoms with Crippen LogP contribution in [0.3, 0.4) is 0 Å². The maximum atomic E-state index is 12.2. The fraction of sp³-hybridized carbons (Fsp3) is 0.167. The number of carbonyl (C=O) groups excluding carboxylic acids is 1. The van der Waals surface area contributed by atoms with Crippen molar-refractivity contribution in [3.05, 3.63) is 36.4 Å². The molecule has 0 heterocycles. The van der Waals surface area contributed by atoms with Gasteiger partial charge in [-0.1, -0.05) is 12.7 Å². The number of carboxylic acids is 1. The number of aromatic carboxylic acids is 1. The number of rotatable bonds is 5. The van der Waals surface area contributed by atoms with Gasteiger partial charge < -0.3 is 19.3 Å². The van der Waals surface area contributed by atoms with Crippen LogP contribution in [0.1, 0.15) is 10.4 Å². The molecule has 0 aliphatic rings. The molecule has 114 valence electrons. The van der Waals surface area contributed by atoms with Crippen LogP contribution in [-0.4, -0.2) is 30.2 Å². The van der Waals surface area contributed by atoms with Gasteiger partial charge in [-0.3, -0.25) is 0 Å². The molecule has 0 spiro atoms. The van der Waals surface area contributed by atoms with Gasteiger partial charge in [0.1, 0.15) is 6.61 Å². The molecule has 0 amide bonds. The summed E-state index contributed by atoms with van der Waals surface area (Å²) in [7, 11) is 0. The summed E-state index contributed by atoms with van der Waals surface area (Å²) in [5.74, 6) is -3.03. The second-order valence-electron chi connectivity index (χ2n) is 3.47. The lowest BCUT2D eigenvalue weighted by molar-refractivity contribution is -0.275. The molecule has 1 N–H and O–H groups in total. The van der Waals surface area contributed by atoms with Crippen LogP contribution in [-0.2, 0) is 4.74 Å². The topological polar surface area (TPSA) is 82.1 Å². The molecule has 0 bridgehead atoms. The Morgan fingerprint density at radius 3 is 2.48 bits per heavy atom. The van der Waals surface area contributed by atoms with E-state index in [1.807, 2.05) is 0 Å². The van der Waals surface area contributed by atoms with Gasteiger partial charge in [0.15, 0.2) is 11.5 Å². The van der Waals surface area contributed by atoms with Gasteiger partial charge in [0.05, 0.1) is 5.56 Å². The summed E-state index contributed by atoms with van der Waals surface area (Å²) in [6.07, 6.45) is -5.15. The Kier molecular flexibility index (Phi) is 5.17. The van der Waals surface area contributed by atoms with E-state index >= 15 is 0 Å². The van der Waals surface area contributed by atoms with Crippen molar-refractivity contribution in [2.45, 2.75) is 6.36 Å². The van der Waals surface area contributed by atoms with E-state index in [0.717, 1.165) is 6.07 Å². The lowest BCUT2D eigenvalue weighted by Crippen LogP contribution is -2.19. The zero-order valence-corrected chi connectivity index (χ0v) is 10.3. The van der Waals surface area contributed by atoms with E-state index < -0.39 is 35.5 Å². The van der Waals surface area contributed by atoms with Crippen LogP contribution in [0.5, 0.6) is 11.5 Å². The predicted octanol–water partition coefficient (Wildman–Crippen LogP) is 2.98. The molecule has 0 fully saturated rings. The first-order valence-electron chi connectivity index (χ1n) is 5.31. The van der Waals surface area contributed by atoms with Crippen molar-refractivity contribution in [2.75, 3.05) is 6.61 Å². The molecule has 0 aliphatic carbocycles. The Bertz CT molecular complexity index is 552. The molecular weight excluding hydrogens is 297 g/mol. The summed E-state index contributed by atoms with van der Waals surface area (Å²) in [6, 6.07) is 2.29. The molecule has 0 radical (unpaired) electrons. The second kappa shape index (κ2) is 6.64. The second-order valence-corrected chi connectivity index (χ2v) is 3.47. The summed E-state index contributed by atoms with van der Waals surface area (Å²) in [4.78, 5) is 22.0. The monoisotopic (exact) mass is 306 g/mol. The Morgan fingerprint density at radius 2 is 1.95 bits per heavy atom. The minimum absolute atomic E-state index is 0.229. The van der Waals surface area contributed by atoms with Crippen molar-refractivity contribution in [3.8, 4) is 11.5 Å². The van der Waals surface area contributed by atoms with Crippen LogP contribution in [0.2, 0.25) is 0 Å². The molecule has 1 aromatic rings. The number of alkyl halides is 3. The minimum Gasteiger partial charge on any atom is -0.478 e. The SMILES string of the molecule is C=CCOC(=O)Oc1cc(C(=O)O)ccc1OC(F)(F)F. The quantitative estimate of drug-likeness (QED) is 0.511. The number of carboxylic acid groups (broad SMARTS) is 1. The number of carbonyl (C=O) groups is 2. The van der Waals surface area contributed by atoms with Gasteiger partial charge in [0.2, 0.25) is 0 Å². The van der Waals surface area contributed by atoms with Gasteiger partial charge in [0, 0.05) is 0 Å². The van der Waals surface area contributed by atoms with E-state index in [-0.39, 0.29) is 6.61 Å². The van der Waals surface area contributed by atoms with Crippen molar-refractivity contribution in [1.29, 1.82) is 0 Å². The van der Waals surface area contributed by atoms with Gasteiger partial charge in [-0.25, -0.2) is 9.59 Å². The predicted molar refractivity (Wildman–Crippen MR) is 62.3 cm³/mol. The molecule has 1 aromatic carbocycles. The van der Waals surface area contributed by atoms with Gasteiger partial charge in [0.25, 0.3) is 0 Å². The number of hydrogen-bond acceptors (Lipinski definition) is 5. The molecule has 0 aliphatic heterocycles. The summed E-state index contributed by atoms with van der Waals surface area (Å²) in [5.41, 5.74) is -0.393. The summed E-state index contributed by atoms with van der Waals surface area (Å²) in [5, 5.41) is 8.76. The molecule has 6 nitrogen and oxygen atoms in total. The van der Waals surface area contributed by atoms with Gasteiger partial charge in [-0.2, -0.15) is 0 Å². The summed E-state index contributed by atoms with van der Waals surface area (Å²) < 4.78 is 49.1. The van der Waals surface area contributed by atoms with Crippen molar-refractivity contribution < 1.29 is 42.1 Å². The largest absolute Gasteiger partial charge is 0.573 e. The van der Waals surface area contributed by atoms with Crippen LogP contribution in [0, 0.1) is 0 Å².